The summed E-state index contributed by atoms with van der Waals surface area (Å²) in [5.41, 5.74) is 3.83. The lowest BCUT2D eigenvalue weighted by Crippen LogP contribution is -2.29. The van der Waals surface area contributed by atoms with Gasteiger partial charge in [0, 0.05) is 16.1 Å². The molecule has 31 heavy (non-hydrogen) atoms. The molecule has 0 atom stereocenters. The van der Waals surface area contributed by atoms with Crippen molar-refractivity contribution in [1.82, 2.24) is 14.8 Å². The summed E-state index contributed by atoms with van der Waals surface area (Å²) in [7, 11) is 1.63. The highest BCUT2D eigenvalue weighted by Crippen LogP contribution is 2.37. The average Bonchev–Trinajstić information content (AvgIpc) is 3.24. The first-order chi connectivity index (χ1) is 14.7. The zero-order valence-corrected chi connectivity index (χ0v) is 18.6. The molecule has 0 radical (unpaired) electrons. The van der Waals surface area contributed by atoms with Gasteiger partial charge in [-0.15, -0.1) is 5.06 Å². The maximum atomic E-state index is 12.1. The normalized spacial score (nSPS) is 13.7. The molecule has 2 aromatic carbocycles. The first-order valence-corrected chi connectivity index (χ1v) is 10.3. The molecule has 1 aromatic heterocycles. The lowest BCUT2D eigenvalue weighted by Gasteiger charge is -2.21. The van der Waals surface area contributed by atoms with E-state index in [4.69, 9.17) is 31.0 Å². The lowest BCUT2D eigenvalue weighted by atomic mass is 10.1. The fourth-order valence-corrected chi connectivity index (χ4v) is 3.64. The molecular weight excluding hydrogens is 418 g/mol. The van der Waals surface area contributed by atoms with Gasteiger partial charge in [-0.1, -0.05) is 35.9 Å². The van der Waals surface area contributed by atoms with E-state index >= 15 is 0 Å². The van der Waals surface area contributed by atoms with E-state index in [1.54, 1.807) is 32.9 Å². The number of carbonyl (C=O) groups is 1. The van der Waals surface area contributed by atoms with Crippen LogP contribution in [0.25, 0.3) is 16.9 Å². The highest BCUT2D eigenvalue weighted by molar-refractivity contribution is 6.30. The Morgan fingerprint density at radius 3 is 2.45 bits per heavy atom. The zero-order chi connectivity index (χ0) is 22.2. The Bertz CT molecular complexity index is 1100. The summed E-state index contributed by atoms with van der Waals surface area (Å²) >= 11 is 6.11. The molecule has 8 heteroatoms. The van der Waals surface area contributed by atoms with Gasteiger partial charge in [0.1, 0.15) is 17.0 Å². The van der Waals surface area contributed by atoms with Crippen LogP contribution in [-0.4, -0.2) is 33.7 Å². The van der Waals surface area contributed by atoms with Crippen LogP contribution < -0.4 is 4.74 Å². The number of nitrogens with zero attached hydrogens (tertiary/aromatic N) is 3. The van der Waals surface area contributed by atoms with Gasteiger partial charge in [-0.2, -0.15) is 5.10 Å². The van der Waals surface area contributed by atoms with Gasteiger partial charge in [0.15, 0.2) is 0 Å². The van der Waals surface area contributed by atoms with Crippen LogP contribution in [0.1, 0.15) is 32.0 Å². The molecule has 2 heterocycles. The molecular formula is C23H24ClN3O4. The number of benzene rings is 2. The van der Waals surface area contributed by atoms with Crippen LogP contribution in [0.5, 0.6) is 5.75 Å². The number of ether oxygens (including phenoxy) is 2. The van der Waals surface area contributed by atoms with Gasteiger partial charge in [-0.3, -0.25) is 0 Å². The lowest BCUT2D eigenvalue weighted by molar-refractivity contribution is -0.148. The van der Waals surface area contributed by atoms with Crippen LogP contribution in [0.2, 0.25) is 5.02 Å². The second-order valence-corrected chi connectivity index (χ2v) is 8.65. The number of hydrogen-bond acceptors (Lipinski definition) is 6. The summed E-state index contributed by atoms with van der Waals surface area (Å²) in [6, 6.07) is 15.3. The molecule has 0 bridgehead atoms. The quantitative estimate of drug-likeness (QED) is 0.506. The number of aromatic nitrogens is 2. The van der Waals surface area contributed by atoms with Crippen molar-refractivity contribution in [3.63, 3.8) is 0 Å². The Hall–Kier alpha value is -3.03. The highest BCUT2D eigenvalue weighted by Gasteiger charge is 2.32. The zero-order valence-electron chi connectivity index (χ0n) is 17.9. The molecule has 162 valence electrons. The number of halogens is 1. The van der Waals surface area contributed by atoms with Crippen molar-refractivity contribution in [3.05, 3.63) is 64.8 Å². The summed E-state index contributed by atoms with van der Waals surface area (Å²) in [6.45, 7) is 6.13. The van der Waals surface area contributed by atoms with Gasteiger partial charge in [0.05, 0.1) is 31.6 Å². The molecule has 0 N–H and O–H groups in total. The fraction of sp³-hybridized carbons (Fsp3) is 0.304. The molecule has 0 aliphatic carbocycles. The van der Waals surface area contributed by atoms with E-state index < -0.39 is 11.8 Å². The van der Waals surface area contributed by atoms with Crippen LogP contribution in [0.3, 0.4) is 0 Å². The first kappa shape index (κ1) is 21.2. The molecule has 0 saturated heterocycles. The van der Waals surface area contributed by atoms with E-state index in [1.807, 2.05) is 53.2 Å². The summed E-state index contributed by atoms with van der Waals surface area (Å²) in [6.07, 6.45) is -0.733. The van der Waals surface area contributed by atoms with E-state index in [0.29, 0.717) is 23.9 Å². The molecule has 0 saturated carbocycles. The predicted molar refractivity (Wildman–Crippen MR) is 117 cm³/mol. The van der Waals surface area contributed by atoms with Crippen LogP contribution in [0.15, 0.2) is 48.5 Å². The fourth-order valence-electron chi connectivity index (χ4n) is 3.51. The van der Waals surface area contributed by atoms with E-state index in [2.05, 4.69) is 0 Å². The van der Waals surface area contributed by atoms with Crippen LogP contribution in [0, 0.1) is 0 Å². The minimum atomic E-state index is -0.733. The second kappa shape index (κ2) is 8.24. The Labute approximate surface area is 186 Å². The van der Waals surface area contributed by atoms with Gasteiger partial charge in [-0.05, 0) is 45.0 Å². The van der Waals surface area contributed by atoms with Gasteiger partial charge in [0.25, 0.3) is 0 Å². The molecule has 0 amide bonds. The van der Waals surface area contributed by atoms with Crippen molar-refractivity contribution in [2.24, 2.45) is 0 Å². The summed E-state index contributed by atoms with van der Waals surface area (Å²) in [4.78, 5) is 17.5. The second-order valence-electron chi connectivity index (χ2n) is 8.22. The monoisotopic (exact) mass is 441 g/mol. The van der Waals surface area contributed by atoms with Crippen LogP contribution in [0.4, 0.5) is 4.79 Å². The van der Waals surface area contributed by atoms with Gasteiger partial charge >= 0.3 is 6.16 Å². The van der Waals surface area contributed by atoms with Crippen molar-refractivity contribution in [2.45, 2.75) is 39.5 Å². The largest absolute Gasteiger partial charge is 0.528 e. The SMILES string of the molecule is COc1ccccc1-n1nc2c(c1-c1ccc(Cl)cc1)CN(OC(=O)OC(C)(C)C)C2. The number of rotatable bonds is 4. The number of fused-ring (bicyclic) bond motifs is 1. The molecule has 4 rings (SSSR count). The van der Waals surface area contributed by atoms with Crippen molar-refractivity contribution in [1.29, 1.82) is 0 Å². The molecule has 0 spiro atoms. The van der Waals surface area contributed by atoms with Crippen LogP contribution in [-0.2, 0) is 22.7 Å². The summed E-state index contributed by atoms with van der Waals surface area (Å²) in [5.74, 6) is 0.709. The van der Waals surface area contributed by atoms with Crippen molar-refractivity contribution in [2.75, 3.05) is 7.11 Å². The van der Waals surface area contributed by atoms with Gasteiger partial charge in [0.2, 0.25) is 0 Å². The summed E-state index contributed by atoms with van der Waals surface area (Å²) in [5, 5.41) is 7.04. The standard InChI is InChI=1S/C23H24ClN3O4/c1-23(2,3)30-22(28)31-26-13-17-18(14-26)25-27(19-7-5-6-8-20(19)29-4)21(17)15-9-11-16(24)12-10-15/h5-12H,13-14H2,1-4H3. The maximum Gasteiger partial charge on any atom is 0.528 e. The third-order valence-corrected chi connectivity index (χ3v) is 5.00. The van der Waals surface area contributed by atoms with E-state index in [9.17, 15) is 4.79 Å². The Balaban J connectivity index is 1.71. The van der Waals surface area contributed by atoms with Crippen molar-refractivity contribution < 1.29 is 19.1 Å². The molecule has 0 unspecified atom stereocenters. The molecule has 0 fully saturated rings. The van der Waals surface area contributed by atoms with Gasteiger partial charge in [-0.25, -0.2) is 9.48 Å². The molecule has 1 aliphatic rings. The minimum Gasteiger partial charge on any atom is -0.494 e. The minimum absolute atomic E-state index is 0.358. The smallest absolute Gasteiger partial charge is 0.494 e. The van der Waals surface area contributed by atoms with Crippen LogP contribution >= 0.6 is 11.6 Å². The highest BCUT2D eigenvalue weighted by atomic mass is 35.5. The first-order valence-electron chi connectivity index (χ1n) is 9.91. The number of carbonyl (C=O) groups excluding carboxylic acids is 1. The summed E-state index contributed by atoms with van der Waals surface area (Å²) < 4.78 is 12.7. The van der Waals surface area contributed by atoms with E-state index in [1.165, 1.54) is 0 Å². The number of para-hydroxylation sites is 2. The third kappa shape index (κ3) is 4.52. The number of hydrogen-bond donors (Lipinski definition) is 0. The molecule has 3 aromatic rings. The topological polar surface area (TPSA) is 65.8 Å². The third-order valence-electron chi connectivity index (χ3n) is 4.75. The Morgan fingerprint density at radius 2 is 1.77 bits per heavy atom. The molecule has 1 aliphatic heterocycles. The van der Waals surface area contributed by atoms with Crippen molar-refractivity contribution >= 4 is 17.8 Å². The predicted octanol–water partition coefficient (Wildman–Crippen LogP) is 5.38. The number of hydroxylamine groups is 2. The average molecular weight is 442 g/mol. The number of methoxy groups -OCH3 is 1. The Morgan fingerprint density at radius 1 is 1.06 bits per heavy atom. The maximum absolute atomic E-state index is 12.1. The van der Waals surface area contributed by atoms with E-state index in [-0.39, 0.29) is 0 Å². The van der Waals surface area contributed by atoms with Crippen molar-refractivity contribution in [3.8, 4) is 22.7 Å². The van der Waals surface area contributed by atoms with Gasteiger partial charge < -0.3 is 14.3 Å². The Kier molecular flexibility index (Phi) is 5.64. The molecule has 7 nitrogen and oxygen atoms in total. The van der Waals surface area contributed by atoms with E-state index in [0.717, 1.165) is 28.2 Å².